The molecule has 0 spiro atoms. The first-order valence-electron chi connectivity index (χ1n) is 17.7. The fourth-order valence-corrected chi connectivity index (χ4v) is 6.84. The van der Waals surface area contributed by atoms with E-state index in [0.717, 1.165) is 16.7 Å². The van der Waals surface area contributed by atoms with Crippen molar-refractivity contribution in [3.63, 3.8) is 0 Å². The quantitative estimate of drug-likeness (QED) is 0.0852. The molecule has 3 aliphatic heterocycles. The third kappa shape index (κ3) is 9.87. The van der Waals surface area contributed by atoms with Gasteiger partial charge in [-0.3, -0.25) is 0 Å². The van der Waals surface area contributed by atoms with Crippen LogP contribution in [0.1, 0.15) is 30.5 Å². The van der Waals surface area contributed by atoms with E-state index in [2.05, 4.69) is 20.1 Å². The summed E-state index contributed by atoms with van der Waals surface area (Å²) in [5.41, 5.74) is 22.2. The second-order valence-corrected chi connectivity index (χ2v) is 13.5. The molecule has 288 valence electrons. The van der Waals surface area contributed by atoms with Crippen LogP contribution in [-0.4, -0.2) is 94.5 Å². The Bertz CT molecular complexity index is 1710. The molecule has 0 aliphatic carbocycles. The molecule has 16 nitrogen and oxygen atoms in total. The summed E-state index contributed by atoms with van der Waals surface area (Å²) in [6, 6.07) is 24.8. The van der Waals surface area contributed by atoms with E-state index in [1.54, 1.807) is 21.0 Å². The van der Waals surface area contributed by atoms with Gasteiger partial charge in [0.2, 0.25) is 0 Å². The van der Waals surface area contributed by atoms with Gasteiger partial charge < -0.3 is 47.4 Å². The molecule has 54 heavy (non-hydrogen) atoms. The normalized spacial score (nSPS) is 30.1. The lowest BCUT2D eigenvalue weighted by Crippen LogP contribution is -2.64. The van der Waals surface area contributed by atoms with Gasteiger partial charge in [0, 0.05) is 16.9 Å². The highest BCUT2D eigenvalue weighted by Crippen LogP contribution is 2.41. The van der Waals surface area contributed by atoms with Gasteiger partial charge in [-0.05, 0) is 53.7 Å². The molecule has 3 aromatic carbocycles. The lowest BCUT2D eigenvalue weighted by atomic mass is 9.95. The van der Waals surface area contributed by atoms with E-state index >= 15 is 0 Å². The maximum Gasteiger partial charge on any atom is 0.169 e. The summed E-state index contributed by atoms with van der Waals surface area (Å²) in [5.74, 6) is -0.327. The average Bonchev–Trinajstić information content (AvgIpc) is 3.52. The van der Waals surface area contributed by atoms with E-state index in [-0.39, 0.29) is 26.4 Å². The molecule has 0 N–H and O–H groups in total. The molecule has 3 saturated heterocycles. The number of ether oxygens (including phenoxy) is 10. The summed E-state index contributed by atoms with van der Waals surface area (Å²) < 4.78 is 62.3. The average molecular weight is 747 g/mol. The molecule has 3 aromatic rings. The number of azide groups is 2. The van der Waals surface area contributed by atoms with Crippen LogP contribution in [0.2, 0.25) is 0 Å². The van der Waals surface area contributed by atoms with E-state index in [1.165, 1.54) is 7.11 Å². The molecule has 0 unspecified atom stereocenters. The first-order chi connectivity index (χ1) is 26.3. The molecule has 3 heterocycles. The Morgan fingerprint density at radius 1 is 0.648 bits per heavy atom. The molecule has 3 fully saturated rings. The first kappa shape index (κ1) is 39.4. The molecular formula is C38H46N6O10. The zero-order valence-corrected chi connectivity index (χ0v) is 30.7. The van der Waals surface area contributed by atoms with Gasteiger partial charge in [-0.25, -0.2) is 0 Å². The van der Waals surface area contributed by atoms with Crippen molar-refractivity contribution >= 4 is 0 Å². The fourth-order valence-electron chi connectivity index (χ4n) is 6.84. The van der Waals surface area contributed by atoms with Crippen LogP contribution in [-0.2, 0) is 62.5 Å². The van der Waals surface area contributed by atoms with Crippen molar-refractivity contribution in [2.75, 3.05) is 27.4 Å². The van der Waals surface area contributed by atoms with Crippen LogP contribution < -0.4 is 4.74 Å². The zero-order chi connectivity index (χ0) is 37.9. The van der Waals surface area contributed by atoms with Crippen molar-refractivity contribution in [2.24, 2.45) is 10.2 Å². The fraction of sp³-hybridized carbons (Fsp3) is 0.526. The number of hydrogen-bond acceptors (Lipinski definition) is 12. The largest absolute Gasteiger partial charge is 0.497 e. The molecular weight excluding hydrogens is 700 g/mol. The molecule has 0 bridgehead atoms. The van der Waals surface area contributed by atoms with Gasteiger partial charge in [0.15, 0.2) is 18.4 Å². The van der Waals surface area contributed by atoms with Crippen molar-refractivity contribution in [1.82, 2.24) is 0 Å². The molecule has 16 heteroatoms. The SMILES string of the molecule is COc1ccc(CO[C@@H]2[C@@H](N=[N+]=[N-])[C@@H](OC)O[C@H](COCc3ccccc3)[C@@H]2O[C@H]2O[C@H](COCc3ccccc3)[C@@H]3OC(C)(C)O[C@@H]3[C@H]2N=[N+]=[N-])cc1. The Morgan fingerprint density at radius 3 is 1.80 bits per heavy atom. The predicted octanol–water partition coefficient (Wildman–Crippen LogP) is 6.37. The van der Waals surface area contributed by atoms with Crippen LogP contribution in [0.15, 0.2) is 95.2 Å². The molecule has 6 rings (SSSR count). The van der Waals surface area contributed by atoms with E-state index < -0.39 is 67.1 Å². The molecule has 0 radical (unpaired) electrons. The van der Waals surface area contributed by atoms with Gasteiger partial charge in [0.05, 0.1) is 40.1 Å². The Labute approximate surface area is 313 Å². The smallest absolute Gasteiger partial charge is 0.169 e. The molecule has 0 amide bonds. The minimum Gasteiger partial charge on any atom is -0.497 e. The topological polar surface area (TPSA) is 190 Å². The van der Waals surface area contributed by atoms with E-state index in [9.17, 15) is 11.1 Å². The van der Waals surface area contributed by atoms with Crippen LogP contribution in [0.5, 0.6) is 5.75 Å². The van der Waals surface area contributed by atoms with Crippen molar-refractivity contribution < 1.29 is 47.4 Å². The van der Waals surface area contributed by atoms with E-state index in [1.807, 2.05) is 84.9 Å². The lowest BCUT2D eigenvalue weighted by molar-refractivity contribution is -0.327. The first-order valence-corrected chi connectivity index (χ1v) is 17.7. The number of nitrogens with zero attached hydrogens (tertiary/aromatic N) is 6. The molecule has 10 atom stereocenters. The van der Waals surface area contributed by atoms with E-state index in [4.69, 9.17) is 47.4 Å². The van der Waals surface area contributed by atoms with Gasteiger partial charge in [-0.15, -0.1) is 0 Å². The predicted molar refractivity (Wildman–Crippen MR) is 193 cm³/mol. The van der Waals surface area contributed by atoms with Crippen molar-refractivity contribution in [1.29, 1.82) is 0 Å². The van der Waals surface area contributed by atoms with Crippen LogP contribution >= 0.6 is 0 Å². The maximum absolute atomic E-state index is 9.76. The van der Waals surface area contributed by atoms with Crippen LogP contribution in [0.4, 0.5) is 0 Å². The highest BCUT2D eigenvalue weighted by atomic mass is 16.8. The van der Waals surface area contributed by atoms with Gasteiger partial charge in [-0.1, -0.05) is 83.0 Å². The number of rotatable bonds is 17. The second-order valence-electron chi connectivity index (χ2n) is 13.5. The second kappa shape index (κ2) is 18.8. The third-order valence-electron chi connectivity index (χ3n) is 9.35. The summed E-state index contributed by atoms with van der Waals surface area (Å²) in [5, 5.41) is 8.15. The van der Waals surface area contributed by atoms with Crippen LogP contribution in [0.3, 0.4) is 0 Å². The number of hydrogen-bond donors (Lipinski definition) is 0. The lowest BCUT2D eigenvalue weighted by Gasteiger charge is -2.47. The Balaban J connectivity index is 1.31. The van der Waals surface area contributed by atoms with Gasteiger partial charge in [0.1, 0.15) is 54.5 Å². The highest BCUT2D eigenvalue weighted by molar-refractivity contribution is 5.26. The number of methoxy groups -OCH3 is 2. The minimum absolute atomic E-state index is 0.0338. The maximum atomic E-state index is 9.76. The van der Waals surface area contributed by atoms with Crippen LogP contribution in [0.25, 0.3) is 20.9 Å². The Hall–Kier alpha value is -4.28. The summed E-state index contributed by atoms with van der Waals surface area (Å²) in [6.07, 6.45) is -7.08. The number of benzene rings is 3. The monoisotopic (exact) mass is 746 g/mol. The van der Waals surface area contributed by atoms with Crippen LogP contribution in [0, 0.1) is 0 Å². The number of fused-ring (bicyclic) bond motifs is 1. The standard InChI is InChI=1S/C38H46N6O10/c1-38(2)53-33-29(23-48-20-25-13-9-6-10-14-25)51-37(31(42-44-40)35(33)54-38)52-32-28(22-47-19-24-11-7-5-8-12-24)50-36(46-4)30(41-43-39)34(32)49-21-26-15-17-27(45-3)18-16-26/h5-18,28-37H,19-23H2,1-4H3/t28-,29-,30-,31-,32+,33+,34-,35-,36+,37-/m1/s1. The van der Waals surface area contributed by atoms with Crippen molar-refractivity contribution in [2.45, 2.75) is 101 Å². The summed E-state index contributed by atoms with van der Waals surface area (Å²) >= 11 is 0. The Morgan fingerprint density at radius 2 is 1.20 bits per heavy atom. The molecule has 3 aliphatic rings. The Kier molecular flexibility index (Phi) is 13.8. The highest BCUT2D eigenvalue weighted by Gasteiger charge is 2.57. The van der Waals surface area contributed by atoms with Gasteiger partial charge in [0.25, 0.3) is 0 Å². The van der Waals surface area contributed by atoms with Crippen molar-refractivity contribution in [3.05, 3.63) is 123 Å². The van der Waals surface area contributed by atoms with Gasteiger partial charge in [-0.2, -0.15) is 0 Å². The summed E-state index contributed by atoms with van der Waals surface area (Å²) in [6.45, 7) is 4.44. The zero-order valence-electron chi connectivity index (χ0n) is 30.7. The summed E-state index contributed by atoms with van der Waals surface area (Å²) in [4.78, 5) is 6.23. The molecule has 0 saturated carbocycles. The summed E-state index contributed by atoms with van der Waals surface area (Å²) in [7, 11) is 3.04. The van der Waals surface area contributed by atoms with Gasteiger partial charge >= 0.3 is 0 Å². The molecule has 0 aromatic heterocycles. The van der Waals surface area contributed by atoms with E-state index in [0.29, 0.717) is 12.4 Å². The van der Waals surface area contributed by atoms with Crippen molar-refractivity contribution in [3.8, 4) is 5.75 Å². The minimum atomic E-state index is -1.20. The third-order valence-corrected chi connectivity index (χ3v) is 9.35.